The number of para-hydroxylation sites is 1. The summed E-state index contributed by atoms with van der Waals surface area (Å²) in [7, 11) is 0. The fourth-order valence-electron chi connectivity index (χ4n) is 2.91. The third-order valence-electron chi connectivity index (χ3n) is 4.37. The van der Waals surface area contributed by atoms with Crippen LogP contribution >= 0.6 is 0 Å². The minimum atomic E-state index is -0.230. The van der Waals surface area contributed by atoms with Crippen LogP contribution in [0.5, 0.6) is 0 Å². The molecule has 0 bridgehead atoms. The number of rotatable bonds is 4. The van der Waals surface area contributed by atoms with Crippen molar-refractivity contribution in [3.05, 3.63) is 89.6 Å². The highest BCUT2D eigenvalue weighted by Gasteiger charge is 2.18. The highest BCUT2D eigenvalue weighted by molar-refractivity contribution is 6.04. The molecule has 0 radical (unpaired) electrons. The van der Waals surface area contributed by atoms with Crippen LogP contribution in [0.2, 0.25) is 0 Å². The van der Waals surface area contributed by atoms with Crippen molar-refractivity contribution in [2.45, 2.75) is 13.8 Å². The molecule has 1 N–H and O–H groups in total. The van der Waals surface area contributed by atoms with Gasteiger partial charge in [0.25, 0.3) is 5.91 Å². The molecule has 0 saturated heterocycles. The quantitative estimate of drug-likeness (QED) is 0.585. The molecule has 1 amide bonds. The number of hydrogen-bond donors (Lipinski definition) is 1. The Morgan fingerprint density at radius 1 is 0.964 bits per heavy atom. The summed E-state index contributed by atoms with van der Waals surface area (Å²) in [5.41, 5.74) is 4.01. The molecular formula is C22H19N5O. The number of amides is 1. The van der Waals surface area contributed by atoms with Crippen molar-refractivity contribution in [3.8, 4) is 17.2 Å². The Balaban J connectivity index is 1.77. The molecule has 28 heavy (non-hydrogen) atoms. The summed E-state index contributed by atoms with van der Waals surface area (Å²) in [4.78, 5) is 21.7. The SMILES string of the molecule is Cc1ccnc(-c2nc(NC(=O)c3ccccc3C)n(-c3ccccc3)n2)c1. The first-order valence-corrected chi connectivity index (χ1v) is 8.94. The average Bonchev–Trinajstić information content (AvgIpc) is 3.13. The minimum Gasteiger partial charge on any atom is -0.290 e. The van der Waals surface area contributed by atoms with E-state index >= 15 is 0 Å². The third kappa shape index (κ3) is 3.53. The topological polar surface area (TPSA) is 72.7 Å². The van der Waals surface area contributed by atoms with Crippen LogP contribution in [0.3, 0.4) is 0 Å². The number of nitrogens with one attached hydrogen (secondary N) is 1. The second-order valence-electron chi connectivity index (χ2n) is 6.49. The van der Waals surface area contributed by atoms with Gasteiger partial charge in [-0.05, 0) is 55.3 Å². The molecule has 6 nitrogen and oxygen atoms in total. The number of carbonyl (C=O) groups excluding carboxylic acids is 1. The monoisotopic (exact) mass is 369 g/mol. The predicted molar refractivity (Wildman–Crippen MR) is 108 cm³/mol. The summed E-state index contributed by atoms with van der Waals surface area (Å²) in [5.74, 6) is 0.567. The van der Waals surface area contributed by atoms with Gasteiger partial charge in [-0.3, -0.25) is 15.1 Å². The third-order valence-corrected chi connectivity index (χ3v) is 4.37. The first-order chi connectivity index (χ1) is 13.6. The second kappa shape index (κ2) is 7.44. The Bertz CT molecular complexity index is 1130. The second-order valence-corrected chi connectivity index (χ2v) is 6.49. The van der Waals surface area contributed by atoms with Crippen molar-refractivity contribution < 1.29 is 4.79 Å². The van der Waals surface area contributed by atoms with Crippen molar-refractivity contribution in [2.24, 2.45) is 0 Å². The van der Waals surface area contributed by atoms with Gasteiger partial charge in [0.2, 0.25) is 11.8 Å². The molecule has 0 fully saturated rings. The first-order valence-electron chi connectivity index (χ1n) is 8.94. The lowest BCUT2D eigenvalue weighted by molar-refractivity contribution is 0.102. The van der Waals surface area contributed by atoms with E-state index < -0.39 is 0 Å². The fraction of sp³-hybridized carbons (Fsp3) is 0.0909. The van der Waals surface area contributed by atoms with Crippen LogP contribution in [0.4, 0.5) is 5.95 Å². The molecule has 0 unspecified atom stereocenters. The Morgan fingerprint density at radius 3 is 2.46 bits per heavy atom. The molecule has 0 spiro atoms. The summed E-state index contributed by atoms with van der Waals surface area (Å²) in [5, 5.41) is 7.48. The van der Waals surface area contributed by atoms with E-state index in [2.05, 4.69) is 20.4 Å². The Labute approximate surface area is 162 Å². The number of aromatic nitrogens is 4. The van der Waals surface area contributed by atoms with E-state index in [0.717, 1.165) is 16.8 Å². The Morgan fingerprint density at radius 2 is 1.71 bits per heavy atom. The Kier molecular flexibility index (Phi) is 4.68. The minimum absolute atomic E-state index is 0.230. The van der Waals surface area contributed by atoms with Gasteiger partial charge < -0.3 is 0 Å². The van der Waals surface area contributed by atoms with Crippen molar-refractivity contribution in [1.82, 2.24) is 19.7 Å². The number of benzene rings is 2. The van der Waals surface area contributed by atoms with Gasteiger partial charge in [-0.15, -0.1) is 5.10 Å². The van der Waals surface area contributed by atoms with Gasteiger partial charge in [-0.25, -0.2) is 0 Å². The van der Waals surface area contributed by atoms with Gasteiger partial charge in [0, 0.05) is 11.8 Å². The van der Waals surface area contributed by atoms with Crippen LogP contribution < -0.4 is 5.32 Å². The number of nitrogens with zero attached hydrogens (tertiary/aromatic N) is 4. The molecule has 4 rings (SSSR count). The molecule has 0 aliphatic carbocycles. The van der Waals surface area contributed by atoms with Crippen LogP contribution in [0, 0.1) is 13.8 Å². The lowest BCUT2D eigenvalue weighted by Gasteiger charge is -2.08. The highest BCUT2D eigenvalue weighted by atomic mass is 16.1. The smallest absolute Gasteiger partial charge is 0.258 e. The summed E-state index contributed by atoms with van der Waals surface area (Å²) >= 11 is 0. The number of anilines is 1. The standard InChI is InChI=1S/C22H19N5O/c1-15-12-13-23-19(14-15)20-24-22(27(26-20)17-9-4-3-5-10-17)25-21(28)18-11-7-6-8-16(18)2/h3-14H,1-2H3,(H,24,25,26,28). The lowest BCUT2D eigenvalue weighted by Crippen LogP contribution is -2.16. The molecular weight excluding hydrogens is 350 g/mol. The zero-order valence-electron chi connectivity index (χ0n) is 15.6. The molecule has 2 aromatic heterocycles. The van der Waals surface area contributed by atoms with E-state index in [4.69, 9.17) is 0 Å². The van der Waals surface area contributed by atoms with Crippen molar-refractivity contribution in [2.75, 3.05) is 5.32 Å². The van der Waals surface area contributed by atoms with Crippen LogP contribution in [0.25, 0.3) is 17.2 Å². The fourth-order valence-corrected chi connectivity index (χ4v) is 2.91. The van der Waals surface area contributed by atoms with Crippen molar-refractivity contribution in [1.29, 1.82) is 0 Å². The molecule has 2 aromatic carbocycles. The summed E-state index contributed by atoms with van der Waals surface area (Å²) in [6, 6.07) is 20.8. The summed E-state index contributed by atoms with van der Waals surface area (Å²) in [6.07, 6.45) is 1.72. The van der Waals surface area contributed by atoms with E-state index in [9.17, 15) is 4.79 Å². The van der Waals surface area contributed by atoms with Gasteiger partial charge in [-0.2, -0.15) is 9.67 Å². The predicted octanol–water partition coefficient (Wildman–Crippen LogP) is 4.20. The highest BCUT2D eigenvalue weighted by Crippen LogP contribution is 2.21. The zero-order chi connectivity index (χ0) is 19.5. The first kappa shape index (κ1) is 17.6. The number of carbonyl (C=O) groups is 1. The van der Waals surface area contributed by atoms with E-state index in [1.165, 1.54) is 0 Å². The number of aryl methyl sites for hydroxylation is 2. The normalized spacial score (nSPS) is 10.6. The maximum Gasteiger partial charge on any atom is 0.258 e. The van der Waals surface area contributed by atoms with Gasteiger partial charge >= 0.3 is 0 Å². The van der Waals surface area contributed by atoms with Crippen molar-refractivity contribution >= 4 is 11.9 Å². The number of pyridine rings is 1. The summed E-state index contributed by atoms with van der Waals surface area (Å²) < 4.78 is 1.62. The van der Waals surface area contributed by atoms with Crippen LogP contribution in [-0.2, 0) is 0 Å². The molecule has 0 aliphatic rings. The molecule has 0 aliphatic heterocycles. The maximum atomic E-state index is 12.8. The van der Waals surface area contributed by atoms with E-state index in [1.54, 1.807) is 16.9 Å². The molecule has 6 heteroatoms. The van der Waals surface area contributed by atoms with Crippen LogP contribution in [0.1, 0.15) is 21.5 Å². The summed E-state index contributed by atoms with van der Waals surface area (Å²) in [6.45, 7) is 3.89. The van der Waals surface area contributed by atoms with E-state index in [0.29, 0.717) is 23.0 Å². The van der Waals surface area contributed by atoms with Crippen molar-refractivity contribution in [3.63, 3.8) is 0 Å². The van der Waals surface area contributed by atoms with E-state index in [1.807, 2.05) is 74.5 Å². The van der Waals surface area contributed by atoms with Gasteiger partial charge in [0.1, 0.15) is 5.69 Å². The molecule has 2 heterocycles. The maximum absolute atomic E-state index is 12.8. The van der Waals surface area contributed by atoms with Gasteiger partial charge in [0.15, 0.2) is 0 Å². The molecule has 4 aromatic rings. The van der Waals surface area contributed by atoms with Gasteiger partial charge in [-0.1, -0.05) is 36.4 Å². The van der Waals surface area contributed by atoms with Crippen LogP contribution in [0.15, 0.2) is 72.9 Å². The largest absolute Gasteiger partial charge is 0.290 e. The zero-order valence-corrected chi connectivity index (χ0v) is 15.6. The average molecular weight is 369 g/mol. The van der Waals surface area contributed by atoms with Crippen LogP contribution in [-0.4, -0.2) is 25.7 Å². The number of hydrogen-bond acceptors (Lipinski definition) is 4. The lowest BCUT2D eigenvalue weighted by atomic mass is 10.1. The van der Waals surface area contributed by atoms with Gasteiger partial charge in [0.05, 0.1) is 5.69 Å². The molecule has 0 atom stereocenters. The Hall–Kier alpha value is -3.80. The molecule has 0 saturated carbocycles. The van der Waals surface area contributed by atoms with E-state index in [-0.39, 0.29) is 5.91 Å². The molecule has 138 valence electrons.